The Balaban J connectivity index is 3.35. The zero-order chi connectivity index (χ0) is 14.8. The van der Waals surface area contributed by atoms with Crippen LogP contribution in [0.25, 0.3) is 0 Å². The van der Waals surface area contributed by atoms with Crippen molar-refractivity contribution < 1.29 is 31.5 Å². The lowest BCUT2D eigenvalue weighted by molar-refractivity contribution is -0.141. The van der Waals surface area contributed by atoms with Crippen molar-refractivity contribution in [2.75, 3.05) is 7.11 Å². The summed E-state index contributed by atoms with van der Waals surface area (Å²) < 4.78 is 67.1. The SMILES string of the molecule is COC(=O)Cc1c(I)cc(C(F)(F)F)nc1C(F)F. The molecule has 1 heterocycles. The molecule has 0 radical (unpaired) electrons. The number of esters is 1. The van der Waals surface area contributed by atoms with Gasteiger partial charge < -0.3 is 4.74 Å². The predicted molar refractivity (Wildman–Crippen MR) is 62.6 cm³/mol. The van der Waals surface area contributed by atoms with Crippen molar-refractivity contribution in [1.29, 1.82) is 0 Å². The van der Waals surface area contributed by atoms with Crippen molar-refractivity contribution in [2.24, 2.45) is 0 Å². The standard InChI is InChI=1S/C10H7F5INO2/c1-19-7(18)2-4-5(16)3-6(10(13,14)15)17-8(4)9(11)12/h3,9H,2H2,1H3. The lowest BCUT2D eigenvalue weighted by Gasteiger charge is -2.13. The first-order valence-electron chi connectivity index (χ1n) is 4.78. The second-order valence-corrected chi connectivity index (χ2v) is 4.57. The lowest BCUT2D eigenvalue weighted by atomic mass is 10.1. The predicted octanol–water partition coefficient (Wildman–Crippen LogP) is 3.36. The Morgan fingerprint density at radius 2 is 2.05 bits per heavy atom. The smallest absolute Gasteiger partial charge is 0.433 e. The molecule has 0 N–H and O–H groups in total. The number of carbonyl (C=O) groups excluding carboxylic acids is 1. The van der Waals surface area contributed by atoms with Crippen LogP contribution in [0.4, 0.5) is 22.0 Å². The van der Waals surface area contributed by atoms with Gasteiger partial charge in [-0.15, -0.1) is 0 Å². The maximum Gasteiger partial charge on any atom is 0.433 e. The Morgan fingerprint density at radius 3 is 2.47 bits per heavy atom. The number of nitrogens with zero attached hydrogens (tertiary/aromatic N) is 1. The molecule has 0 saturated heterocycles. The van der Waals surface area contributed by atoms with Gasteiger partial charge in [0.15, 0.2) is 0 Å². The summed E-state index contributed by atoms with van der Waals surface area (Å²) in [6, 6.07) is 0.616. The van der Waals surface area contributed by atoms with Crippen LogP contribution in [0.5, 0.6) is 0 Å². The molecule has 1 aromatic rings. The van der Waals surface area contributed by atoms with Crippen molar-refractivity contribution in [3.05, 3.63) is 26.6 Å². The summed E-state index contributed by atoms with van der Waals surface area (Å²) in [7, 11) is 1.05. The first-order chi connectivity index (χ1) is 8.66. The van der Waals surface area contributed by atoms with Crippen LogP contribution in [-0.2, 0) is 22.1 Å². The lowest BCUT2D eigenvalue weighted by Crippen LogP contribution is -2.15. The second-order valence-electron chi connectivity index (χ2n) is 3.40. The van der Waals surface area contributed by atoms with E-state index in [1.807, 2.05) is 0 Å². The van der Waals surface area contributed by atoms with Crippen LogP contribution in [0.3, 0.4) is 0 Å². The van der Waals surface area contributed by atoms with Gasteiger partial charge in [0.1, 0.15) is 11.4 Å². The number of methoxy groups -OCH3 is 1. The molecule has 106 valence electrons. The summed E-state index contributed by atoms with van der Waals surface area (Å²) in [5.74, 6) is -0.832. The quantitative estimate of drug-likeness (QED) is 0.448. The number of rotatable bonds is 3. The summed E-state index contributed by atoms with van der Waals surface area (Å²) >= 11 is 1.45. The van der Waals surface area contributed by atoms with Crippen molar-refractivity contribution >= 4 is 28.6 Å². The largest absolute Gasteiger partial charge is 0.469 e. The van der Waals surface area contributed by atoms with E-state index in [4.69, 9.17) is 0 Å². The zero-order valence-electron chi connectivity index (χ0n) is 9.39. The van der Waals surface area contributed by atoms with Crippen LogP contribution >= 0.6 is 22.6 Å². The van der Waals surface area contributed by atoms with E-state index in [2.05, 4.69) is 9.72 Å². The molecular weight excluding hydrogens is 388 g/mol. The molecule has 0 atom stereocenters. The molecule has 0 aromatic carbocycles. The van der Waals surface area contributed by atoms with E-state index < -0.39 is 36.4 Å². The normalized spacial score (nSPS) is 11.8. The van der Waals surface area contributed by atoms with E-state index in [0.29, 0.717) is 6.07 Å². The Morgan fingerprint density at radius 1 is 1.47 bits per heavy atom. The van der Waals surface area contributed by atoms with Crippen LogP contribution in [0.2, 0.25) is 0 Å². The van der Waals surface area contributed by atoms with E-state index in [-0.39, 0.29) is 9.13 Å². The molecule has 0 unspecified atom stereocenters. The molecule has 9 heteroatoms. The minimum Gasteiger partial charge on any atom is -0.469 e. The Labute approximate surface area is 118 Å². The van der Waals surface area contributed by atoms with Crippen molar-refractivity contribution in [3.63, 3.8) is 0 Å². The third-order valence-electron chi connectivity index (χ3n) is 2.15. The molecule has 0 aliphatic rings. The molecule has 0 spiro atoms. The van der Waals surface area contributed by atoms with E-state index in [1.54, 1.807) is 0 Å². The average molecular weight is 395 g/mol. The molecule has 0 aliphatic carbocycles. The summed E-state index contributed by atoms with van der Waals surface area (Å²) in [5, 5.41) is 0. The minimum atomic E-state index is -4.83. The number of ether oxygens (including phenoxy) is 1. The molecule has 1 aromatic heterocycles. The maximum atomic E-state index is 12.7. The van der Waals surface area contributed by atoms with Gasteiger partial charge in [0, 0.05) is 9.13 Å². The molecule has 0 fully saturated rings. The van der Waals surface area contributed by atoms with Crippen LogP contribution in [0, 0.1) is 3.57 Å². The molecule has 0 aliphatic heterocycles. The summed E-state index contributed by atoms with van der Waals surface area (Å²) in [5.41, 5.74) is -2.72. The number of hydrogen-bond acceptors (Lipinski definition) is 3. The molecule has 3 nitrogen and oxygen atoms in total. The molecule has 0 bridgehead atoms. The number of alkyl halides is 5. The van der Waals surface area contributed by atoms with E-state index in [1.165, 1.54) is 22.6 Å². The molecular formula is C10H7F5INO2. The highest BCUT2D eigenvalue weighted by atomic mass is 127. The van der Waals surface area contributed by atoms with Crippen molar-refractivity contribution in [2.45, 2.75) is 19.0 Å². The van der Waals surface area contributed by atoms with E-state index >= 15 is 0 Å². The Bertz CT molecular complexity index is 490. The summed E-state index contributed by atoms with van der Waals surface area (Å²) in [6.45, 7) is 0. The number of hydrogen-bond donors (Lipinski definition) is 0. The van der Waals surface area contributed by atoms with Gasteiger partial charge in [0.25, 0.3) is 6.43 Å². The third-order valence-corrected chi connectivity index (χ3v) is 3.11. The molecule has 1 rings (SSSR count). The second kappa shape index (κ2) is 5.97. The van der Waals surface area contributed by atoms with Crippen LogP contribution < -0.4 is 0 Å². The van der Waals surface area contributed by atoms with Crippen LogP contribution in [0.1, 0.15) is 23.4 Å². The van der Waals surface area contributed by atoms with Gasteiger partial charge in [-0.1, -0.05) is 0 Å². The van der Waals surface area contributed by atoms with Gasteiger partial charge in [0.05, 0.1) is 13.5 Å². The van der Waals surface area contributed by atoms with Gasteiger partial charge in [-0.05, 0) is 28.7 Å². The number of halogens is 6. The molecule has 0 amide bonds. The Kier molecular flexibility index (Phi) is 5.04. The maximum absolute atomic E-state index is 12.7. The highest BCUT2D eigenvalue weighted by molar-refractivity contribution is 14.1. The number of carbonyl (C=O) groups is 1. The van der Waals surface area contributed by atoms with E-state index in [0.717, 1.165) is 7.11 Å². The van der Waals surface area contributed by atoms with Gasteiger partial charge in [-0.2, -0.15) is 13.2 Å². The molecule has 19 heavy (non-hydrogen) atoms. The van der Waals surface area contributed by atoms with Crippen LogP contribution in [-0.4, -0.2) is 18.1 Å². The summed E-state index contributed by atoms with van der Waals surface area (Å²) in [4.78, 5) is 14.0. The monoisotopic (exact) mass is 395 g/mol. The number of pyridine rings is 1. The first-order valence-corrected chi connectivity index (χ1v) is 5.86. The average Bonchev–Trinajstić information content (AvgIpc) is 2.29. The van der Waals surface area contributed by atoms with Crippen LogP contribution in [0.15, 0.2) is 6.07 Å². The zero-order valence-corrected chi connectivity index (χ0v) is 11.6. The van der Waals surface area contributed by atoms with E-state index in [9.17, 15) is 26.7 Å². The highest BCUT2D eigenvalue weighted by Crippen LogP contribution is 2.33. The molecule has 0 saturated carbocycles. The number of aromatic nitrogens is 1. The van der Waals surface area contributed by atoms with Gasteiger partial charge >= 0.3 is 12.1 Å². The summed E-state index contributed by atoms with van der Waals surface area (Å²) in [6.07, 6.45) is -8.59. The van der Waals surface area contributed by atoms with Gasteiger partial charge in [-0.3, -0.25) is 4.79 Å². The topological polar surface area (TPSA) is 39.2 Å². The van der Waals surface area contributed by atoms with Gasteiger partial charge in [0.2, 0.25) is 0 Å². The fourth-order valence-electron chi connectivity index (χ4n) is 1.28. The minimum absolute atomic E-state index is 0.111. The fourth-order valence-corrected chi connectivity index (χ4v) is 2.04. The van der Waals surface area contributed by atoms with Gasteiger partial charge in [-0.25, -0.2) is 13.8 Å². The highest BCUT2D eigenvalue weighted by Gasteiger charge is 2.35. The van der Waals surface area contributed by atoms with Crippen molar-refractivity contribution in [1.82, 2.24) is 4.98 Å². The first kappa shape index (κ1) is 16.1. The Hall–Kier alpha value is -1.00. The fraction of sp³-hybridized carbons (Fsp3) is 0.400. The van der Waals surface area contributed by atoms with Crippen molar-refractivity contribution in [3.8, 4) is 0 Å². The third kappa shape index (κ3) is 3.98.